The van der Waals surface area contributed by atoms with Gasteiger partial charge in [-0.3, -0.25) is 14.5 Å². The molecule has 1 saturated heterocycles. The summed E-state index contributed by atoms with van der Waals surface area (Å²) in [5.74, 6) is 0.306. The molecule has 10 heteroatoms. The molecule has 3 rings (SSSR count). The van der Waals surface area contributed by atoms with Crippen LogP contribution in [0, 0.1) is 0 Å². The largest absolute Gasteiger partial charge is 0.339 e. The minimum Gasteiger partial charge on any atom is -0.339 e. The number of aromatic nitrogens is 4. The van der Waals surface area contributed by atoms with Crippen molar-refractivity contribution in [2.75, 3.05) is 43.8 Å². The maximum atomic E-state index is 12.5. The summed E-state index contributed by atoms with van der Waals surface area (Å²) >= 11 is 1.32. The monoisotopic (exact) mass is 429 g/mol. The normalized spacial score (nSPS) is 14.5. The van der Waals surface area contributed by atoms with Crippen molar-refractivity contribution in [3.63, 3.8) is 0 Å². The Labute approximate surface area is 180 Å². The molecule has 2 amide bonds. The lowest BCUT2D eigenvalue weighted by molar-refractivity contribution is -0.130. The average Bonchev–Trinajstić information content (AvgIpc) is 3.20. The van der Waals surface area contributed by atoms with Gasteiger partial charge in [-0.2, -0.15) is 0 Å². The highest BCUT2D eigenvalue weighted by atomic mass is 32.2. The van der Waals surface area contributed by atoms with Gasteiger partial charge in [0.05, 0.1) is 18.8 Å². The Hall–Kier alpha value is -2.72. The quantitative estimate of drug-likeness (QED) is 0.474. The second-order valence-electron chi connectivity index (χ2n) is 6.94. The number of thioether (sulfide) groups is 1. The van der Waals surface area contributed by atoms with Crippen LogP contribution in [0.4, 0.5) is 5.69 Å². The molecule has 30 heavy (non-hydrogen) atoms. The number of allylic oxidation sites excluding steroid dienone is 1. The SMILES string of the molecule is C=CCn1nnnc1SCC(=O)N1CCN(CC(=O)Nc2ccccc2CC)CC1. The number of carbonyl (C=O) groups is 2. The van der Waals surface area contributed by atoms with Gasteiger partial charge < -0.3 is 10.2 Å². The van der Waals surface area contributed by atoms with E-state index in [1.165, 1.54) is 11.8 Å². The van der Waals surface area contributed by atoms with Gasteiger partial charge in [0.25, 0.3) is 0 Å². The minimum atomic E-state index is -0.0275. The van der Waals surface area contributed by atoms with Crippen LogP contribution in [0.25, 0.3) is 0 Å². The van der Waals surface area contributed by atoms with E-state index in [0.717, 1.165) is 17.7 Å². The van der Waals surface area contributed by atoms with Crippen LogP contribution in [0.2, 0.25) is 0 Å². The topological polar surface area (TPSA) is 96.2 Å². The van der Waals surface area contributed by atoms with E-state index in [-0.39, 0.29) is 17.6 Å². The molecule has 0 unspecified atom stereocenters. The van der Waals surface area contributed by atoms with Crippen LogP contribution >= 0.6 is 11.8 Å². The summed E-state index contributed by atoms with van der Waals surface area (Å²) in [6.07, 6.45) is 2.58. The third kappa shape index (κ3) is 5.90. The first-order valence-electron chi connectivity index (χ1n) is 9.98. The zero-order valence-corrected chi connectivity index (χ0v) is 18.0. The highest BCUT2D eigenvalue weighted by Gasteiger charge is 2.23. The van der Waals surface area contributed by atoms with E-state index < -0.39 is 0 Å². The molecule has 0 saturated carbocycles. The number of tetrazole rings is 1. The van der Waals surface area contributed by atoms with Crippen molar-refractivity contribution >= 4 is 29.3 Å². The molecule has 0 bridgehead atoms. The molecule has 0 radical (unpaired) electrons. The van der Waals surface area contributed by atoms with Crippen molar-refractivity contribution in [2.24, 2.45) is 0 Å². The first kappa shape index (κ1) is 22.0. The van der Waals surface area contributed by atoms with Crippen LogP contribution < -0.4 is 5.32 Å². The molecule has 1 aromatic carbocycles. The van der Waals surface area contributed by atoms with Gasteiger partial charge in [-0.15, -0.1) is 11.7 Å². The molecular weight excluding hydrogens is 402 g/mol. The molecule has 1 N–H and O–H groups in total. The number of anilines is 1. The molecule has 2 aromatic rings. The van der Waals surface area contributed by atoms with Crippen LogP contribution in [0.1, 0.15) is 12.5 Å². The van der Waals surface area contributed by atoms with E-state index in [0.29, 0.717) is 44.4 Å². The lowest BCUT2D eigenvalue weighted by atomic mass is 10.1. The Morgan fingerprint density at radius 2 is 2.00 bits per heavy atom. The zero-order chi connectivity index (χ0) is 21.3. The van der Waals surface area contributed by atoms with Gasteiger partial charge in [-0.25, -0.2) is 4.68 Å². The predicted octanol–water partition coefficient (Wildman–Crippen LogP) is 1.30. The summed E-state index contributed by atoms with van der Waals surface area (Å²) in [5, 5.41) is 15.0. The van der Waals surface area contributed by atoms with Crippen molar-refractivity contribution in [1.29, 1.82) is 0 Å². The van der Waals surface area contributed by atoms with E-state index in [9.17, 15) is 9.59 Å². The fourth-order valence-corrected chi connectivity index (χ4v) is 4.04. The van der Waals surface area contributed by atoms with Crippen LogP contribution in [-0.4, -0.2) is 80.3 Å². The highest BCUT2D eigenvalue weighted by Crippen LogP contribution is 2.16. The van der Waals surface area contributed by atoms with E-state index in [1.807, 2.05) is 29.2 Å². The Morgan fingerprint density at radius 1 is 1.23 bits per heavy atom. The molecule has 1 aliphatic rings. The lowest BCUT2D eigenvalue weighted by Gasteiger charge is -2.34. The second-order valence-corrected chi connectivity index (χ2v) is 7.88. The third-order valence-electron chi connectivity index (χ3n) is 4.89. The number of amides is 2. The first-order valence-corrected chi connectivity index (χ1v) is 11.0. The van der Waals surface area contributed by atoms with Gasteiger partial charge in [0.1, 0.15) is 0 Å². The number of piperazine rings is 1. The van der Waals surface area contributed by atoms with E-state index in [4.69, 9.17) is 0 Å². The molecule has 2 heterocycles. The van der Waals surface area contributed by atoms with Crippen LogP contribution in [0.5, 0.6) is 0 Å². The van der Waals surface area contributed by atoms with Gasteiger partial charge in [-0.1, -0.05) is 43.0 Å². The molecule has 0 atom stereocenters. The number of hydrogen-bond acceptors (Lipinski definition) is 7. The number of nitrogens with one attached hydrogen (secondary N) is 1. The number of benzene rings is 1. The smallest absolute Gasteiger partial charge is 0.238 e. The van der Waals surface area contributed by atoms with E-state index in [2.05, 4.69) is 39.2 Å². The predicted molar refractivity (Wildman–Crippen MR) is 116 cm³/mol. The van der Waals surface area contributed by atoms with Gasteiger partial charge in [0.2, 0.25) is 17.0 Å². The number of carbonyl (C=O) groups excluding carboxylic acids is 2. The second kappa shape index (κ2) is 10.9. The summed E-state index contributed by atoms with van der Waals surface area (Å²) in [4.78, 5) is 28.8. The Bertz CT molecular complexity index is 878. The molecule has 0 aliphatic carbocycles. The number of rotatable bonds is 9. The number of para-hydroxylation sites is 1. The Morgan fingerprint density at radius 3 is 2.73 bits per heavy atom. The van der Waals surface area contributed by atoms with E-state index >= 15 is 0 Å². The Balaban J connectivity index is 1.41. The van der Waals surface area contributed by atoms with Gasteiger partial charge in [-0.05, 0) is 28.5 Å². The fourth-order valence-electron chi connectivity index (χ4n) is 3.25. The van der Waals surface area contributed by atoms with Crippen molar-refractivity contribution in [1.82, 2.24) is 30.0 Å². The summed E-state index contributed by atoms with van der Waals surface area (Å²) in [5.41, 5.74) is 1.99. The maximum Gasteiger partial charge on any atom is 0.238 e. The van der Waals surface area contributed by atoms with E-state index in [1.54, 1.807) is 10.8 Å². The van der Waals surface area contributed by atoms with Crippen molar-refractivity contribution in [2.45, 2.75) is 25.0 Å². The molecule has 1 aliphatic heterocycles. The van der Waals surface area contributed by atoms with Gasteiger partial charge in [0.15, 0.2) is 0 Å². The molecule has 9 nitrogen and oxygen atoms in total. The summed E-state index contributed by atoms with van der Waals surface area (Å²) in [6.45, 7) is 9.13. The summed E-state index contributed by atoms with van der Waals surface area (Å²) in [7, 11) is 0. The Kier molecular flexibility index (Phi) is 7.97. The van der Waals surface area contributed by atoms with Gasteiger partial charge >= 0.3 is 0 Å². The molecule has 1 aromatic heterocycles. The number of hydrogen-bond donors (Lipinski definition) is 1. The molecule has 1 fully saturated rings. The molecular formula is C20H27N7O2S. The fraction of sp³-hybridized carbons (Fsp3) is 0.450. The van der Waals surface area contributed by atoms with Crippen molar-refractivity contribution in [3.8, 4) is 0 Å². The van der Waals surface area contributed by atoms with Crippen molar-refractivity contribution in [3.05, 3.63) is 42.5 Å². The minimum absolute atomic E-state index is 0.0275. The van der Waals surface area contributed by atoms with Crippen LogP contribution in [0.3, 0.4) is 0 Å². The van der Waals surface area contributed by atoms with Crippen LogP contribution in [-0.2, 0) is 22.6 Å². The van der Waals surface area contributed by atoms with Crippen LogP contribution in [0.15, 0.2) is 42.1 Å². The molecule has 0 spiro atoms. The highest BCUT2D eigenvalue weighted by molar-refractivity contribution is 7.99. The average molecular weight is 430 g/mol. The maximum absolute atomic E-state index is 12.5. The molecule has 160 valence electrons. The number of aryl methyl sites for hydroxylation is 1. The standard InChI is InChI=1S/C20H27N7O2S/c1-3-9-27-20(22-23-24-27)30-15-19(29)26-12-10-25(11-13-26)14-18(28)21-17-8-6-5-7-16(17)4-2/h3,5-8H,1,4,9-15H2,2H3,(H,21,28). The summed E-state index contributed by atoms with van der Waals surface area (Å²) in [6, 6.07) is 7.85. The lowest BCUT2D eigenvalue weighted by Crippen LogP contribution is -2.50. The first-order chi connectivity index (χ1) is 14.6. The van der Waals surface area contributed by atoms with Crippen molar-refractivity contribution < 1.29 is 9.59 Å². The third-order valence-corrected chi connectivity index (χ3v) is 5.83. The number of nitrogens with zero attached hydrogens (tertiary/aromatic N) is 6. The van der Waals surface area contributed by atoms with Gasteiger partial charge in [0, 0.05) is 31.9 Å². The summed E-state index contributed by atoms with van der Waals surface area (Å²) < 4.78 is 1.61. The zero-order valence-electron chi connectivity index (χ0n) is 17.2.